The lowest BCUT2D eigenvalue weighted by Gasteiger charge is -2.36. The van der Waals surface area contributed by atoms with Gasteiger partial charge < -0.3 is 15.1 Å². The number of hydrogen-bond donors (Lipinski definition) is 1. The van der Waals surface area contributed by atoms with Crippen LogP contribution in [-0.2, 0) is 0 Å². The van der Waals surface area contributed by atoms with E-state index < -0.39 is 0 Å². The van der Waals surface area contributed by atoms with Gasteiger partial charge in [-0.2, -0.15) is 0 Å². The summed E-state index contributed by atoms with van der Waals surface area (Å²) < 4.78 is 0. The number of likely N-dealkylation sites (N-methyl/N-ethyl adjacent to an activating group) is 1. The molecular weight excluding hydrogens is 234 g/mol. The maximum atomic E-state index is 3.72. The van der Waals surface area contributed by atoms with Crippen LogP contribution in [0.3, 0.4) is 0 Å². The summed E-state index contributed by atoms with van der Waals surface area (Å²) in [6.07, 6.45) is 2.46. The molecule has 1 atom stereocenters. The third kappa shape index (κ3) is 9.42. The summed E-state index contributed by atoms with van der Waals surface area (Å²) in [6, 6.07) is 0.576. The molecule has 0 bridgehead atoms. The van der Waals surface area contributed by atoms with E-state index in [1.54, 1.807) is 0 Å². The first kappa shape index (κ1) is 18.9. The Balaban J connectivity index is 4.26. The Morgan fingerprint density at radius 1 is 1.05 bits per heavy atom. The minimum atomic E-state index is 0.324. The first-order chi connectivity index (χ1) is 8.81. The van der Waals surface area contributed by atoms with Crippen molar-refractivity contribution >= 4 is 0 Å². The van der Waals surface area contributed by atoms with Crippen LogP contribution in [0.25, 0.3) is 0 Å². The zero-order valence-corrected chi connectivity index (χ0v) is 14.4. The van der Waals surface area contributed by atoms with Crippen molar-refractivity contribution in [2.24, 2.45) is 5.41 Å². The lowest BCUT2D eigenvalue weighted by atomic mass is 9.86. The molecule has 0 aromatic heterocycles. The normalized spacial score (nSPS) is 14.4. The van der Waals surface area contributed by atoms with Gasteiger partial charge in [-0.25, -0.2) is 0 Å². The third-order valence-electron chi connectivity index (χ3n) is 3.65. The molecule has 0 spiro atoms. The topological polar surface area (TPSA) is 18.5 Å². The molecule has 0 rings (SSSR count). The fourth-order valence-corrected chi connectivity index (χ4v) is 2.21. The molecule has 0 aromatic rings. The number of nitrogens with one attached hydrogen (secondary N) is 1. The Hall–Kier alpha value is -0.120. The molecule has 3 heteroatoms. The first-order valence-electron chi connectivity index (χ1n) is 7.91. The Kier molecular flexibility index (Phi) is 9.67. The second-order valence-corrected chi connectivity index (χ2v) is 6.92. The van der Waals surface area contributed by atoms with Crippen LogP contribution in [0.5, 0.6) is 0 Å². The molecule has 1 N–H and O–H groups in total. The fraction of sp³-hybridized carbons (Fsp3) is 1.00. The summed E-state index contributed by atoms with van der Waals surface area (Å²) in [7, 11) is 4.30. The van der Waals surface area contributed by atoms with Crippen LogP contribution in [0.2, 0.25) is 0 Å². The molecule has 0 saturated carbocycles. The highest BCUT2D eigenvalue weighted by molar-refractivity contribution is 4.83. The summed E-state index contributed by atoms with van der Waals surface area (Å²) in [5.41, 5.74) is 0.324. The molecule has 0 saturated heterocycles. The molecule has 0 aliphatic heterocycles. The predicted octanol–water partition coefficient (Wildman–Crippen LogP) is 2.67. The number of hydrogen-bond acceptors (Lipinski definition) is 3. The first-order valence-corrected chi connectivity index (χ1v) is 7.91. The van der Waals surface area contributed by atoms with Crippen molar-refractivity contribution in [1.82, 2.24) is 15.1 Å². The van der Waals surface area contributed by atoms with Crippen molar-refractivity contribution in [1.29, 1.82) is 0 Å². The minimum absolute atomic E-state index is 0.324. The minimum Gasteiger partial charge on any atom is -0.312 e. The summed E-state index contributed by atoms with van der Waals surface area (Å²) in [5, 5.41) is 3.72. The van der Waals surface area contributed by atoms with Crippen molar-refractivity contribution in [2.45, 2.75) is 53.5 Å². The second kappa shape index (κ2) is 9.73. The number of nitrogens with zero attached hydrogens (tertiary/aromatic N) is 2. The highest BCUT2D eigenvalue weighted by Crippen LogP contribution is 2.20. The van der Waals surface area contributed by atoms with Gasteiger partial charge >= 0.3 is 0 Å². The van der Waals surface area contributed by atoms with E-state index >= 15 is 0 Å². The van der Waals surface area contributed by atoms with E-state index in [9.17, 15) is 0 Å². The van der Waals surface area contributed by atoms with Gasteiger partial charge in [0, 0.05) is 12.6 Å². The zero-order chi connectivity index (χ0) is 14.9. The molecule has 0 radical (unpaired) electrons. The predicted molar refractivity (Wildman–Crippen MR) is 86.8 cm³/mol. The summed E-state index contributed by atoms with van der Waals surface area (Å²) in [5.74, 6) is 0. The summed E-state index contributed by atoms with van der Waals surface area (Å²) in [4.78, 5) is 4.85. The zero-order valence-electron chi connectivity index (χ0n) is 14.4. The van der Waals surface area contributed by atoms with E-state index in [1.165, 1.54) is 25.9 Å². The van der Waals surface area contributed by atoms with Gasteiger partial charge in [-0.3, -0.25) is 0 Å². The van der Waals surface area contributed by atoms with Gasteiger partial charge in [0.2, 0.25) is 0 Å². The molecule has 19 heavy (non-hydrogen) atoms. The molecule has 0 aliphatic carbocycles. The summed E-state index contributed by atoms with van der Waals surface area (Å²) in [6.45, 7) is 17.3. The van der Waals surface area contributed by atoms with Crippen LogP contribution in [0.1, 0.15) is 47.5 Å². The van der Waals surface area contributed by atoms with Crippen molar-refractivity contribution < 1.29 is 0 Å². The third-order valence-corrected chi connectivity index (χ3v) is 3.65. The smallest absolute Gasteiger partial charge is 0.0243 e. The quantitative estimate of drug-likeness (QED) is 0.659. The lowest BCUT2D eigenvalue weighted by Crippen LogP contribution is -2.49. The average molecular weight is 271 g/mol. The van der Waals surface area contributed by atoms with Crippen molar-refractivity contribution in [3.05, 3.63) is 0 Å². The molecule has 3 nitrogen and oxygen atoms in total. The van der Waals surface area contributed by atoms with Gasteiger partial charge in [0.25, 0.3) is 0 Å². The van der Waals surface area contributed by atoms with E-state index in [-0.39, 0.29) is 0 Å². The molecule has 0 fully saturated rings. The van der Waals surface area contributed by atoms with E-state index in [2.05, 4.69) is 63.8 Å². The van der Waals surface area contributed by atoms with Gasteiger partial charge in [0.1, 0.15) is 0 Å². The number of rotatable bonds is 10. The molecule has 1 unspecified atom stereocenters. The molecule has 0 aromatic carbocycles. The van der Waals surface area contributed by atoms with Crippen LogP contribution < -0.4 is 5.32 Å². The van der Waals surface area contributed by atoms with Gasteiger partial charge in [-0.15, -0.1) is 0 Å². The monoisotopic (exact) mass is 271 g/mol. The Morgan fingerprint density at radius 3 is 2.11 bits per heavy atom. The van der Waals surface area contributed by atoms with Crippen molar-refractivity contribution in [3.63, 3.8) is 0 Å². The highest BCUT2D eigenvalue weighted by atomic mass is 15.2. The van der Waals surface area contributed by atoms with E-state index in [1.807, 2.05) is 0 Å². The maximum absolute atomic E-state index is 3.72. The largest absolute Gasteiger partial charge is 0.312 e. The van der Waals surface area contributed by atoms with E-state index in [0.29, 0.717) is 11.5 Å². The standard InChI is InChI=1S/C16H37N3/c1-8-11-17-15(16(3,4)5)14-19(9-2)13-10-12-18(6)7/h15,17H,8-14H2,1-7H3. The van der Waals surface area contributed by atoms with Crippen LogP contribution >= 0.6 is 0 Å². The van der Waals surface area contributed by atoms with Gasteiger partial charge in [0.15, 0.2) is 0 Å². The van der Waals surface area contributed by atoms with E-state index in [0.717, 1.165) is 19.6 Å². The Morgan fingerprint density at radius 2 is 1.68 bits per heavy atom. The SMILES string of the molecule is CCCNC(CN(CC)CCCN(C)C)C(C)(C)C. The van der Waals surface area contributed by atoms with Crippen molar-refractivity contribution in [3.8, 4) is 0 Å². The maximum Gasteiger partial charge on any atom is 0.0243 e. The lowest BCUT2D eigenvalue weighted by molar-refractivity contribution is 0.173. The average Bonchev–Trinajstić information content (AvgIpc) is 2.30. The molecule has 0 heterocycles. The molecule has 0 amide bonds. The Bertz CT molecular complexity index is 209. The fourth-order valence-electron chi connectivity index (χ4n) is 2.21. The van der Waals surface area contributed by atoms with Crippen LogP contribution in [0.15, 0.2) is 0 Å². The van der Waals surface area contributed by atoms with Crippen LogP contribution in [0.4, 0.5) is 0 Å². The van der Waals surface area contributed by atoms with Crippen molar-refractivity contribution in [2.75, 3.05) is 46.8 Å². The van der Waals surface area contributed by atoms with Gasteiger partial charge in [-0.1, -0.05) is 34.6 Å². The van der Waals surface area contributed by atoms with E-state index in [4.69, 9.17) is 0 Å². The van der Waals surface area contributed by atoms with Crippen LogP contribution in [-0.4, -0.2) is 62.7 Å². The summed E-state index contributed by atoms with van der Waals surface area (Å²) >= 11 is 0. The second-order valence-electron chi connectivity index (χ2n) is 6.92. The molecular formula is C16H37N3. The van der Waals surface area contributed by atoms with Gasteiger partial charge in [0.05, 0.1) is 0 Å². The highest BCUT2D eigenvalue weighted by Gasteiger charge is 2.25. The molecule has 116 valence electrons. The van der Waals surface area contributed by atoms with Crippen LogP contribution in [0, 0.1) is 5.41 Å². The molecule has 0 aliphatic rings. The Labute approximate surface area is 121 Å². The van der Waals surface area contributed by atoms with Gasteiger partial charge in [-0.05, 0) is 58.5 Å².